The molecule has 0 aromatic heterocycles. The molecule has 0 aliphatic heterocycles. The van der Waals surface area contributed by atoms with Crippen LogP contribution in [0.2, 0.25) is 0 Å². The first-order chi connectivity index (χ1) is 29.6. The van der Waals surface area contributed by atoms with Crippen LogP contribution in [0, 0.1) is 0 Å². The van der Waals surface area contributed by atoms with Gasteiger partial charge in [0.15, 0.2) is 0 Å². The maximum absolute atomic E-state index is 12.9. The maximum atomic E-state index is 12.9. The zero-order valence-corrected chi connectivity index (χ0v) is 40.9. The molecule has 0 saturated carbocycles. The van der Waals surface area contributed by atoms with Gasteiger partial charge in [0.05, 0.1) is 26.7 Å². The van der Waals surface area contributed by atoms with E-state index in [9.17, 15) is 19.2 Å². The van der Waals surface area contributed by atoms with Crippen molar-refractivity contribution in [3.63, 3.8) is 0 Å². The monoisotopic (exact) mass is 861 g/mol. The van der Waals surface area contributed by atoms with Crippen LogP contribution in [0.25, 0.3) is 0 Å². The molecule has 0 heterocycles. The predicted molar refractivity (Wildman–Crippen MR) is 260 cm³/mol. The minimum Gasteiger partial charge on any atom is -0.462 e. The van der Waals surface area contributed by atoms with Crippen LogP contribution in [-0.2, 0) is 19.1 Å². The summed E-state index contributed by atoms with van der Waals surface area (Å²) in [6.45, 7) is 12.7. The largest absolute Gasteiger partial charge is 0.462 e. The highest BCUT2D eigenvalue weighted by molar-refractivity contribution is 5.73. The molecule has 1 aromatic carbocycles. The number of carbonyl (C=O) groups is 2. The molecule has 2 atom stereocenters. The van der Waals surface area contributed by atoms with Crippen molar-refractivity contribution in [2.45, 2.75) is 258 Å². The summed E-state index contributed by atoms with van der Waals surface area (Å²) >= 11 is 0. The third-order valence-electron chi connectivity index (χ3n) is 12.9. The molecule has 9 nitrogen and oxygen atoms in total. The van der Waals surface area contributed by atoms with Gasteiger partial charge in [-0.1, -0.05) is 143 Å². The van der Waals surface area contributed by atoms with Gasteiger partial charge in [0.2, 0.25) is 0 Å². The summed E-state index contributed by atoms with van der Waals surface area (Å²) in [5.41, 5.74) is -0.0558. The van der Waals surface area contributed by atoms with Gasteiger partial charge in [0.1, 0.15) is 23.6 Å². The fourth-order valence-electron chi connectivity index (χ4n) is 8.77. The number of rotatable bonds is 45. The minimum absolute atomic E-state index is 0.00377. The number of quaternary nitrogens is 1. The van der Waals surface area contributed by atoms with Crippen LogP contribution in [-0.4, -0.2) is 68.9 Å². The summed E-state index contributed by atoms with van der Waals surface area (Å²) in [5.74, 6) is -0.0434. The zero-order chi connectivity index (χ0) is 44.8. The average molecular weight is 861 g/mol. The summed E-state index contributed by atoms with van der Waals surface area (Å²) in [7, 11) is 4.03. The molecule has 9 heteroatoms. The Morgan fingerprint density at radius 3 is 1.28 bits per heavy atom. The number of esters is 2. The highest BCUT2D eigenvalue weighted by atomic mass is 16.5. The molecule has 0 fully saturated rings. The van der Waals surface area contributed by atoms with Gasteiger partial charge >= 0.3 is 11.9 Å². The van der Waals surface area contributed by atoms with Gasteiger partial charge in [0, 0.05) is 32.9 Å². The Morgan fingerprint density at radius 2 is 0.836 bits per heavy atom. The third-order valence-corrected chi connectivity index (χ3v) is 12.9. The Hall–Kier alpha value is -2.42. The molecule has 61 heavy (non-hydrogen) atoms. The SMILES string of the molecule is CCCCCCCCC(CC)OC(=O)CCCCCC[N+](C)(CCCCCCCC(=O)OC(CCCCCCCC)CCCCCCCC)CCCNc1c(NC)c(=O)c1=O. The van der Waals surface area contributed by atoms with Crippen LogP contribution >= 0.6 is 0 Å². The van der Waals surface area contributed by atoms with Crippen LogP contribution in [0.5, 0.6) is 0 Å². The first-order valence-electron chi connectivity index (χ1n) is 26.1. The zero-order valence-electron chi connectivity index (χ0n) is 40.9. The Labute approximate surface area is 375 Å². The molecule has 0 spiro atoms. The van der Waals surface area contributed by atoms with Crippen LogP contribution in [0.15, 0.2) is 9.59 Å². The maximum Gasteiger partial charge on any atom is 0.306 e. The van der Waals surface area contributed by atoms with Crippen molar-refractivity contribution in [2.24, 2.45) is 0 Å². The summed E-state index contributed by atoms with van der Waals surface area (Å²) in [6.07, 6.45) is 38.2. The Bertz CT molecular complexity index is 1260. The first-order valence-corrected chi connectivity index (χ1v) is 26.1. The highest BCUT2D eigenvalue weighted by Gasteiger charge is 2.23. The van der Waals surface area contributed by atoms with Gasteiger partial charge in [-0.3, -0.25) is 19.2 Å². The molecule has 2 N–H and O–H groups in total. The van der Waals surface area contributed by atoms with Gasteiger partial charge in [0.25, 0.3) is 10.9 Å². The van der Waals surface area contributed by atoms with Gasteiger partial charge in [-0.15, -0.1) is 0 Å². The highest BCUT2D eigenvalue weighted by Crippen LogP contribution is 2.20. The van der Waals surface area contributed by atoms with E-state index in [0.717, 1.165) is 133 Å². The summed E-state index contributed by atoms with van der Waals surface area (Å²) in [5, 5.41) is 6.06. The Kier molecular flexibility index (Phi) is 35.3. The molecule has 0 saturated heterocycles. The van der Waals surface area contributed by atoms with Crippen molar-refractivity contribution < 1.29 is 23.5 Å². The summed E-state index contributed by atoms with van der Waals surface area (Å²) < 4.78 is 12.9. The van der Waals surface area contributed by atoms with E-state index in [1.165, 1.54) is 96.3 Å². The summed E-state index contributed by atoms with van der Waals surface area (Å²) in [4.78, 5) is 49.4. The van der Waals surface area contributed by atoms with E-state index in [4.69, 9.17) is 9.47 Å². The predicted octanol–water partition coefficient (Wildman–Crippen LogP) is 13.3. The minimum atomic E-state index is -0.440. The lowest BCUT2D eigenvalue weighted by Crippen LogP contribution is -2.47. The normalized spacial score (nSPS) is 13.1. The second-order valence-corrected chi connectivity index (χ2v) is 18.7. The number of nitrogens with zero attached hydrogens (tertiary/aromatic N) is 1. The van der Waals surface area contributed by atoms with Crippen molar-refractivity contribution in [3.8, 4) is 0 Å². The lowest BCUT2D eigenvalue weighted by molar-refractivity contribution is -0.910. The van der Waals surface area contributed by atoms with Gasteiger partial charge < -0.3 is 24.6 Å². The van der Waals surface area contributed by atoms with E-state index in [-0.39, 0.29) is 24.1 Å². The molecular formula is C52H98N3O6+. The van der Waals surface area contributed by atoms with E-state index in [1.54, 1.807) is 7.05 Å². The Balaban J connectivity index is 2.49. The van der Waals surface area contributed by atoms with Crippen LogP contribution in [0.3, 0.4) is 0 Å². The van der Waals surface area contributed by atoms with Gasteiger partial charge in [-0.2, -0.15) is 0 Å². The third kappa shape index (κ3) is 28.8. The fraction of sp³-hybridized carbons (Fsp3) is 0.885. The molecule has 0 amide bonds. The molecule has 1 rings (SSSR count). The number of unbranched alkanes of at least 4 members (excludes halogenated alkanes) is 22. The number of hydrogen-bond donors (Lipinski definition) is 2. The second-order valence-electron chi connectivity index (χ2n) is 18.7. The van der Waals surface area contributed by atoms with E-state index >= 15 is 0 Å². The number of nitrogens with one attached hydrogen (secondary N) is 2. The van der Waals surface area contributed by atoms with Crippen LogP contribution in [0.4, 0.5) is 11.4 Å². The van der Waals surface area contributed by atoms with Crippen molar-refractivity contribution in [1.29, 1.82) is 0 Å². The van der Waals surface area contributed by atoms with Crippen molar-refractivity contribution in [3.05, 3.63) is 20.4 Å². The van der Waals surface area contributed by atoms with Gasteiger partial charge in [-0.05, 0) is 83.5 Å². The molecular weight excluding hydrogens is 763 g/mol. The lowest BCUT2D eigenvalue weighted by atomic mass is 10.0. The number of anilines is 2. The number of hydrogen-bond acceptors (Lipinski definition) is 8. The molecule has 2 unspecified atom stereocenters. The summed E-state index contributed by atoms with van der Waals surface area (Å²) in [6, 6.07) is 0. The van der Waals surface area contributed by atoms with E-state index in [2.05, 4.69) is 45.4 Å². The lowest BCUT2D eigenvalue weighted by Gasteiger charge is -2.35. The number of ether oxygens (including phenoxy) is 2. The van der Waals surface area contributed by atoms with E-state index in [1.807, 2.05) is 0 Å². The molecule has 0 radical (unpaired) electrons. The molecule has 1 aromatic rings. The van der Waals surface area contributed by atoms with Crippen molar-refractivity contribution in [1.82, 2.24) is 0 Å². The van der Waals surface area contributed by atoms with E-state index < -0.39 is 10.9 Å². The van der Waals surface area contributed by atoms with Crippen LogP contribution < -0.4 is 21.5 Å². The molecule has 0 bridgehead atoms. The smallest absolute Gasteiger partial charge is 0.306 e. The standard InChI is InChI=1S/C52H97N3O6/c1-7-11-14-17-21-28-36-45(10-4)60-47(56)39-32-25-27-34-43-55(6,44-35-41-54-50-49(53-5)51(58)52(50)59)42-33-26-20-24-31-40-48(57)61-46(37-29-22-18-15-12-8-2)38-30-23-19-16-13-9-3/h45-46H,7-44H2,1-6H3,(H-,53,54,58,59)/p+1. The number of carbonyl (C=O) groups excluding carboxylic acids is 2. The quantitative estimate of drug-likeness (QED) is 0.0289. The molecule has 0 aliphatic rings. The Morgan fingerprint density at radius 1 is 0.475 bits per heavy atom. The molecule has 356 valence electrons. The average Bonchev–Trinajstić information content (AvgIpc) is 3.25. The second kappa shape index (κ2) is 38.1. The first kappa shape index (κ1) is 56.6. The van der Waals surface area contributed by atoms with Crippen LogP contribution in [0.1, 0.15) is 246 Å². The van der Waals surface area contributed by atoms with Crippen molar-refractivity contribution >= 4 is 23.3 Å². The van der Waals surface area contributed by atoms with E-state index in [0.29, 0.717) is 30.8 Å². The van der Waals surface area contributed by atoms with Crippen molar-refractivity contribution in [2.75, 3.05) is 50.9 Å². The topological polar surface area (TPSA) is 111 Å². The van der Waals surface area contributed by atoms with Gasteiger partial charge in [-0.25, -0.2) is 0 Å². The fourth-order valence-corrected chi connectivity index (χ4v) is 8.77. The molecule has 0 aliphatic carbocycles.